The van der Waals surface area contributed by atoms with Gasteiger partial charge in [-0.25, -0.2) is 0 Å². The molecule has 1 saturated carbocycles. The SMILES string of the molecule is Nc1cc2ccccc2cc1C(=O)NCCOCC1CC1. The van der Waals surface area contributed by atoms with Gasteiger partial charge in [-0.3, -0.25) is 4.79 Å². The van der Waals surface area contributed by atoms with Crippen molar-refractivity contribution in [3.8, 4) is 0 Å². The van der Waals surface area contributed by atoms with Crippen molar-refractivity contribution in [2.75, 3.05) is 25.5 Å². The van der Waals surface area contributed by atoms with Crippen molar-refractivity contribution in [3.63, 3.8) is 0 Å². The summed E-state index contributed by atoms with van der Waals surface area (Å²) < 4.78 is 5.50. The predicted octanol–water partition coefficient (Wildman–Crippen LogP) is 2.58. The fourth-order valence-electron chi connectivity index (χ4n) is 2.32. The van der Waals surface area contributed by atoms with E-state index in [9.17, 15) is 4.79 Å². The molecule has 1 amide bonds. The van der Waals surface area contributed by atoms with E-state index in [1.807, 2.05) is 36.4 Å². The first-order valence-corrected chi connectivity index (χ1v) is 7.38. The van der Waals surface area contributed by atoms with Crippen LogP contribution in [0.25, 0.3) is 10.8 Å². The van der Waals surface area contributed by atoms with Crippen LogP contribution in [0.4, 0.5) is 5.69 Å². The number of nitrogens with one attached hydrogen (secondary N) is 1. The summed E-state index contributed by atoms with van der Waals surface area (Å²) in [6, 6.07) is 11.5. The fourth-order valence-corrected chi connectivity index (χ4v) is 2.32. The standard InChI is InChI=1S/C17H20N2O2/c18-16-10-14-4-2-1-3-13(14)9-15(16)17(20)19-7-8-21-11-12-5-6-12/h1-4,9-10,12H,5-8,11,18H2,(H,19,20). The maximum atomic E-state index is 12.2. The zero-order valence-electron chi connectivity index (χ0n) is 12.0. The Morgan fingerprint density at radius 3 is 2.67 bits per heavy atom. The topological polar surface area (TPSA) is 64.4 Å². The molecule has 1 aliphatic carbocycles. The van der Waals surface area contributed by atoms with E-state index >= 15 is 0 Å². The van der Waals surface area contributed by atoms with E-state index in [4.69, 9.17) is 10.5 Å². The summed E-state index contributed by atoms with van der Waals surface area (Å²) in [6.45, 7) is 1.88. The molecule has 0 spiro atoms. The van der Waals surface area contributed by atoms with Gasteiger partial charge in [-0.05, 0) is 41.7 Å². The molecule has 3 N–H and O–H groups in total. The van der Waals surface area contributed by atoms with Gasteiger partial charge < -0.3 is 15.8 Å². The van der Waals surface area contributed by atoms with E-state index in [1.165, 1.54) is 12.8 Å². The molecular formula is C17H20N2O2. The van der Waals surface area contributed by atoms with Crippen molar-refractivity contribution in [1.82, 2.24) is 5.32 Å². The molecule has 0 radical (unpaired) electrons. The molecule has 1 fully saturated rings. The molecule has 4 heteroatoms. The van der Waals surface area contributed by atoms with Gasteiger partial charge in [0, 0.05) is 18.8 Å². The number of fused-ring (bicyclic) bond motifs is 1. The average Bonchev–Trinajstić information content (AvgIpc) is 3.30. The van der Waals surface area contributed by atoms with Crippen molar-refractivity contribution >= 4 is 22.4 Å². The van der Waals surface area contributed by atoms with Crippen LogP contribution in [0.1, 0.15) is 23.2 Å². The summed E-state index contributed by atoms with van der Waals surface area (Å²) in [5, 5.41) is 4.91. The second kappa shape index (κ2) is 6.14. The lowest BCUT2D eigenvalue weighted by Crippen LogP contribution is -2.28. The molecule has 0 unspecified atom stereocenters. The van der Waals surface area contributed by atoms with Gasteiger partial charge in [0.25, 0.3) is 5.91 Å². The molecule has 0 atom stereocenters. The molecule has 3 rings (SSSR count). The summed E-state index contributed by atoms with van der Waals surface area (Å²) in [4.78, 5) is 12.2. The van der Waals surface area contributed by atoms with Gasteiger partial charge in [0.2, 0.25) is 0 Å². The summed E-state index contributed by atoms with van der Waals surface area (Å²) in [5.41, 5.74) is 7.00. The van der Waals surface area contributed by atoms with Crippen LogP contribution in [0, 0.1) is 5.92 Å². The lowest BCUT2D eigenvalue weighted by Gasteiger charge is -2.09. The molecular weight excluding hydrogens is 264 g/mol. The average molecular weight is 284 g/mol. The zero-order valence-corrected chi connectivity index (χ0v) is 12.0. The highest BCUT2D eigenvalue weighted by Crippen LogP contribution is 2.28. The number of hydrogen-bond acceptors (Lipinski definition) is 3. The predicted molar refractivity (Wildman–Crippen MR) is 84.2 cm³/mol. The number of hydrogen-bond donors (Lipinski definition) is 2. The molecule has 1 aliphatic rings. The van der Waals surface area contributed by atoms with E-state index in [-0.39, 0.29) is 5.91 Å². The first kappa shape index (κ1) is 13.9. The minimum atomic E-state index is -0.145. The number of rotatable bonds is 6. The Morgan fingerprint density at radius 1 is 1.24 bits per heavy atom. The van der Waals surface area contributed by atoms with Crippen LogP contribution in [-0.4, -0.2) is 25.7 Å². The van der Waals surface area contributed by atoms with Gasteiger partial charge >= 0.3 is 0 Å². The van der Waals surface area contributed by atoms with Gasteiger partial charge in [0.05, 0.1) is 12.2 Å². The van der Waals surface area contributed by atoms with Gasteiger partial charge in [0.1, 0.15) is 0 Å². The van der Waals surface area contributed by atoms with Crippen molar-refractivity contribution in [3.05, 3.63) is 42.0 Å². The van der Waals surface area contributed by atoms with Crippen LogP contribution in [0.5, 0.6) is 0 Å². The molecule has 0 heterocycles. The second-order valence-electron chi connectivity index (χ2n) is 5.56. The molecule has 0 bridgehead atoms. The van der Waals surface area contributed by atoms with E-state index in [2.05, 4.69) is 5.32 Å². The van der Waals surface area contributed by atoms with E-state index in [0.29, 0.717) is 24.4 Å². The normalized spacial score (nSPS) is 14.3. The zero-order chi connectivity index (χ0) is 14.7. The van der Waals surface area contributed by atoms with Crippen LogP contribution in [0.3, 0.4) is 0 Å². The van der Waals surface area contributed by atoms with E-state index in [1.54, 1.807) is 0 Å². The number of nitrogens with two attached hydrogens (primary N) is 1. The van der Waals surface area contributed by atoms with E-state index < -0.39 is 0 Å². The van der Waals surface area contributed by atoms with E-state index in [0.717, 1.165) is 23.3 Å². The number of ether oxygens (including phenoxy) is 1. The molecule has 110 valence electrons. The molecule has 2 aromatic carbocycles. The number of carbonyl (C=O) groups is 1. The molecule has 0 aromatic heterocycles. The Labute approximate surface area is 124 Å². The first-order chi connectivity index (χ1) is 10.2. The Hall–Kier alpha value is -2.07. The van der Waals surface area contributed by atoms with Crippen molar-refractivity contribution in [2.24, 2.45) is 5.92 Å². The Balaban J connectivity index is 1.59. The van der Waals surface area contributed by atoms with Crippen LogP contribution >= 0.6 is 0 Å². The highest BCUT2D eigenvalue weighted by atomic mass is 16.5. The fraction of sp³-hybridized carbons (Fsp3) is 0.353. The molecule has 21 heavy (non-hydrogen) atoms. The van der Waals surface area contributed by atoms with Crippen molar-refractivity contribution in [2.45, 2.75) is 12.8 Å². The van der Waals surface area contributed by atoms with Crippen LogP contribution < -0.4 is 11.1 Å². The summed E-state index contributed by atoms with van der Waals surface area (Å²) >= 11 is 0. The molecule has 2 aromatic rings. The summed E-state index contributed by atoms with van der Waals surface area (Å²) in [5.74, 6) is 0.602. The molecule has 0 saturated heterocycles. The Bertz CT molecular complexity index is 650. The second-order valence-corrected chi connectivity index (χ2v) is 5.56. The monoisotopic (exact) mass is 284 g/mol. The van der Waals surface area contributed by atoms with Gasteiger partial charge in [-0.15, -0.1) is 0 Å². The molecule has 0 aliphatic heterocycles. The summed E-state index contributed by atoms with van der Waals surface area (Å²) in [6.07, 6.45) is 2.56. The van der Waals surface area contributed by atoms with Crippen molar-refractivity contribution in [1.29, 1.82) is 0 Å². The van der Waals surface area contributed by atoms with Gasteiger partial charge in [-0.1, -0.05) is 24.3 Å². The smallest absolute Gasteiger partial charge is 0.253 e. The highest BCUT2D eigenvalue weighted by Gasteiger charge is 2.20. The highest BCUT2D eigenvalue weighted by molar-refractivity contribution is 6.03. The largest absolute Gasteiger partial charge is 0.398 e. The first-order valence-electron chi connectivity index (χ1n) is 7.38. The number of anilines is 1. The lowest BCUT2D eigenvalue weighted by atomic mass is 10.0. The van der Waals surface area contributed by atoms with Crippen LogP contribution in [0.2, 0.25) is 0 Å². The number of benzene rings is 2. The minimum Gasteiger partial charge on any atom is -0.398 e. The summed E-state index contributed by atoms with van der Waals surface area (Å²) in [7, 11) is 0. The number of nitrogen functional groups attached to an aromatic ring is 1. The Kier molecular flexibility index (Phi) is 4.06. The quantitative estimate of drug-likeness (QED) is 0.633. The van der Waals surface area contributed by atoms with Gasteiger partial charge in [-0.2, -0.15) is 0 Å². The number of amides is 1. The number of carbonyl (C=O) groups excluding carboxylic acids is 1. The third kappa shape index (κ3) is 3.52. The minimum absolute atomic E-state index is 0.145. The van der Waals surface area contributed by atoms with Crippen molar-refractivity contribution < 1.29 is 9.53 Å². The van der Waals surface area contributed by atoms with Crippen LogP contribution in [-0.2, 0) is 4.74 Å². The maximum absolute atomic E-state index is 12.2. The van der Waals surface area contributed by atoms with Crippen LogP contribution in [0.15, 0.2) is 36.4 Å². The lowest BCUT2D eigenvalue weighted by molar-refractivity contribution is 0.0907. The molecule has 4 nitrogen and oxygen atoms in total. The Morgan fingerprint density at radius 2 is 1.95 bits per heavy atom. The van der Waals surface area contributed by atoms with Gasteiger partial charge in [0.15, 0.2) is 0 Å². The maximum Gasteiger partial charge on any atom is 0.253 e. The third-order valence-electron chi connectivity index (χ3n) is 3.74. The third-order valence-corrected chi connectivity index (χ3v) is 3.74.